The Kier molecular flexibility index (Phi) is 4.79. The van der Waals surface area contributed by atoms with Gasteiger partial charge in [0, 0.05) is 23.7 Å². The molecule has 116 valence electrons. The average molecular weight is 306 g/mol. The molecule has 1 N–H and O–H groups in total. The number of carbonyl (C=O) groups is 1. The van der Waals surface area contributed by atoms with Crippen molar-refractivity contribution in [1.29, 1.82) is 0 Å². The van der Waals surface area contributed by atoms with Crippen molar-refractivity contribution < 1.29 is 19.1 Å². The minimum absolute atomic E-state index is 0.0371. The number of non-ortho nitro benzene ring substituents is 1. The van der Waals surface area contributed by atoms with Crippen molar-refractivity contribution in [3.8, 4) is 0 Å². The molecule has 0 bridgehead atoms. The maximum Gasteiger partial charge on any atom is 0.333 e. The molecule has 0 radical (unpaired) electrons. The number of fused-ring (bicyclic) bond motifs is 1. The molecule has 0 saturated carbocycles. The number of nitro groups is 1. The third-order valence-corrected chi connectivity index (χ3v) is 2.90. The molecule has 22 heavy (non-hydrogen) atoms. The molecule has 9 nitrogen and oxygen atoms in total. The Hall–Kier alpha value is -2.81. The molecule has 0 aliphatic heterocycles. The van der Waals surface area contributed by atoms with Gasteiger partial charge in [0.15, 0.2) is 0 Å². The number of ether oxygens (including phenoxy) is 1. The van der Waals surface area contributed by atoms with Crippen LogP contribution in [0.1, 0.15) is 12.5 Å². The van der Waals surface area contributed by atoms with E-state index >= 15 is 0 Å². The summed E-state index contributed by atoms with van der Waals surface area (Å²) in [6.45, 7) is 2.39. The third-order valence-electron chi connectivity index (χ3n) is 2.90. The quantitative estimate of drug-likeness (QED) is 0.279. The largest absolute Gasteiger partial charge is 0.461 e. The maximum absolute atomic E-state index is 11.8. The summed E-state index contributed by atoms with van der Waals surface area (Å²) in [7, 11) is 1.75. The number of nitrogens with one attached hydrogen (secondary N) is 1. The number of hydrogen-bond donors (Lipinski definition) is 1. The molecule has 2 rings (SSSR count). The number of rotatable bonds is 6. The second kappa shape index (κ2) is 6.76. The van der Waals surface area contributed by atoms with E-state index in [0.29, 0.717) is 17.7 Å². The first-order valence-electron chi connectivity index (χ1n) is 6.44. The van der Waals surface area contributed by atoms with E-state index in [1.54, 1.807) is 14.0 Å². The van der Waals surface area contributed by atoms with Crippen LogP contribution in [0.25, 0.3) is 17.1 Å². The molecular formula is C13H14N4O5. The highest BCUT2D eigenvalue weighted by Crippen LogP contribution is 2.26. The van der Waals surface area contributed by atoms with Gasteiger partial charge in [-0.05, 0) is 36.4 Å². The monoisotopic (exact) mass is 306 g/mol. The Balaban J connectivity index is 2.30. The van der Waals surface area contributed by atoms with Crippen LogP contribution in [0, 0.1) is 10.1 Å². The number of nitrogens with zero attached hydrogens (tertiary/aromatic N) is 3. The summed E-state index contributed by atoms with van der Waals surface area (Å²) in [5.74, 6) is -0.474. The van der Waals surface area contributed by atoms with Crippen molar-refractivity contribution in [2.24, 2.45) is 0 Å². The summed E-state index contributed by atoms with van der Waals surface area (Å²) in [4.78, 5) is 22.1. The van der Waals surface area contributed by atoms with Gasteiger partial charge in [0.25, 0.3) is 0 Å². The number of benzene rings is 1. The number of aromatic nitrogens is 2. The van der Waals surface area contributed by atoms with E-state index in [1.165, 1.54) is 18.2 Å². The summed E-state index contributed by atoms with van der Waals surface area (Å²) in [6.07, 6.45) is 1.53. The molecular weight excluding hydrogens is 292 g/mol. The molecule has 0 atom stereocenters. The van der Waals surface area contributed by atoms with Gasteiger partial charge < -0.3 is 10.1 Å². The fraction of sp³-hybridized carbons (Fsp3) is 0.308. The third kappa shape index (κ3) is 3.26. The van der Waals surface area contributed by atoms with Gasteiger partial charge in [-0.3, -0.25) is 10.1 Å². The van der Waals surface area contributed by atoms with Gasteiger partial charge in [-0.15, -0.1) is 0 Å². The Morgan fingerprint density at radius 1 is 1.45 bits per heavy atom. The lowest BCUT2D eigenvalue weighted by Crippen LogP contribution is -2.17. The topological polar surface area (TPSA) is 120 Å². The minimum atomic E-state index is -0.571. The highest BCUT2D eigenvalue weighted by Gasteiger charge is 2.19. The minimum Gasteiger partial charge on any atom is -0.461 e. The average Bonchev–Trinajstić information content (AvgIpc) is 2.97. The van der Waals surface area contributed by atoms with E-state index in [4.69, 9.17) is 4.74 Å². The van der Waals surface area contributed by atoms with E-state index in [2.05, 4.69) is 20.3 Å². The van der Waals surface area contributed by atoms with Crippen molar-refractivity contribution >= 4 is 28.8 Å². The predicted octanol–water partition coefficient (Wildman–Crippen LogP) is 1.30. The molecule has 0 saturated heterocycles. The zero-order chi connectivity index (χ0) is 16.1. The summed E-state index contributed by atoms with van der Waals surface area (Å²) < 4.78 is 9.59. The summed E-state index contributed by atoms with van der Waals surface area (Å²) in [5.41, 5.74) is 0.883. The van der Waals surface area contributed by atoms with Gasteiger partial charge >= 0.3 is 11.7 Å². The first-order chi connectivity index (χ1) is 10.5. The van der Waals surface area contributed by atoms with Crippen LogP contribution in [0.5, 0.6) is 0 Å². The lowest BCUT2D eigenvalue weighted by Gasteiger charge is -2.04. The van der Waals surface area contributed by atoms with E-state index in [0.717, 1.165) is 0 Å². The SMILES string of the molecule is CNCCOC(=O)/C(C)=C/c1ccc([N+](=O)[O-])c2nonc12. The van der Waals surface area contributed by atoms with Gasteiger partial charge in [-0.2, -0.15) is 0 Å². The van der Waals surface area contributed by atoms with Crippen molar-refractivity contribution in [2.45, 2.75) is 6.92 Å². The van der Waals surface area contributed by atoms with Gasteiger partial charge in [0.1, 0.15) is 12.1 Å². The van der Waals surface area contributed by atoms with E-state index in [1.807, 2.05) is 0 Å². The Labute approximate surface area is 125 Å². The fourth-order valence-corrected chi connectivity index (χ4v) is 1.79. The van der Waals surface area contributed by atoms with Crippen molar-refractivity contribution in [1.82, 2.24) is 15.6 Å². The van der Waals surface area contributed by atoms with Crippen molar-refractivity contribution in [3.63, 3.8) is 0 Å². The Morgan fingerprint density at radius 2 is 2.18 bits per heavy atom. The van der Waals surface area contributed by atoms with Crippen LogP contribution in [-0.4, -0.2) is 41.4 Å². The van der Waals surface area contributed by atoms with Crippen LogP contribution < -0.4 is 5.32 Å². The summed E-state index contributed by atoms with van der Waals surface area (Å²) in [5, 5.41) is 20.9. The van der Waals surface area contributed by atoms with E-state index in [-0.39, 0.29) is 23.3 Å². The second-order valence-electron chi connectivity index (χ2n) is 4.46. The Bertz CT molecular complexity index is 737. The normalized spacial score (nSPS) is 11.6. The molecule has 1 heterocycles. The smallest absolute Gasteiger partial charge is 0.333 e. The highest BCUT2D eigenvalue weighted by atomic mass is 16.6. The first kappa shape index (κ1) is 15.6. The lowest BCUT2D eigenvalue weighted by atomic mass is 10.1. The number of esters is 1. The summed E-state index contributed by atoms with van der Waals surface area (Å²) in [6, 6.07) is 2.77. The molecule has 0 fully saturated rings. The zero-order valence-corrected chi connectivity index (χ0v) is 12.0. The second-order valence-corrected chi connectivity index (χ2v) is 4.46. The van der Waals surface area contributed by atoms with Crippen LogP contribution in [0.4, 0.5) is 5.69 Å². The van der Waals surface area contributed by atoms with Gasteiger partial charge in [-0.1, -0.05) is 0 Å². The van der Waals surface area contributed by atoms with Crippen LogP contribution in [0.3, 0.4) is 0 Å². The van der Waals surface area contributed by atoms with Crippen LogP contribution in [0.2, 0.25) is 0 Å². The maximum atomic E-state index is 11.8. The molecule has 1 aromatic heterocycles. The molecule has 1 aromatic carbocycles. The standard InChI is InChI=1S/C13H14N4O5/c1-8(13(18)21-6-5-14-2)7-9-3-4-10(17(19)20)12-11(9)15-22-16-12/h3-4,7,14H,5-6H2,1-2H3/b8-7+. The molecule has 0 amide bonds. The number of hydrogen-bond acceptors (Lipinski definition) is 8. The van der Waals surface area contributed by atoms with Gasteiger partial charge in [0.05, 0.1) is 4.92 Å². The molecule has 0 aliphatic carbocycles. The molecule has 0 unspecified atom stereocenters. The summed E-state index contributed by atoms with van der Waals surface area (Å²) >= 11 is 0. The predicted molar refractivity (Wildman–Crippen MR) is 77.0 cm³/mol. The van der Waals surface area contributed by atoms with Gasteiger partial charge in [-0.25, -0.2) is 9.42 Å². The Morgan fingerprint density at radius 3 is 2.86 bits per heavy atom. The van der Waals surface area contributed by atoms with Crippen LogP contribution >= 0.6 is 0 Å². The first-order valence-corrected chi connectivity index (χ1v) is 6.44. The van der Waals surface area contributed by atoms with Crippen LogP contribution in [0.15, 0.2) is 22.3 Å². The highest BCUT2D eigenvalue weighted by molar-refractivity contribution is 5.97. The van der Waals surface area contributed by atoms with E-state index in [9.17, 15) is 14.9 Å². The lowest BCUT2D eigenvalue weighted by molar-refractivity contribution is -0.383. The van der Waals surface area contributed by atoms with Crippen LogP contribution in [-0.2, 0) is 9.53 Å². The number of nitro benzene ring substituents is 1. The zero-order valence-electron chi connectivity index (χ0n) is 12.0. The van der Waals surface area contributed by atoms with Crippen molar-refractivity contribution in [2.75, 3.05) is 20.2 Å². The molecule has 0 aliphatic rings. The fourth-order valence-electron chi connectivity index (χ4n) is 1.79. The van der Waals surface area contributed by atoms with E-state index < -0.39 is 10.9 Å². The molecule has 2 aromatic rings. The number of carbonyl (C=O) groups excluding carboxylic acids is 1. The molecule has 9 heteroatoms. The molecule has 0 spiro atoms. The number of likely N-dealkylation sites (N-methyl/N-ethyl adjacent to an activating group) is 1. The van der Waals surface area contributed by atoms with Crippen molar-refractivity contribution in [3.05, 3.63) is 33.4 Å². The van der Waals surface area contributed by atoms with Gasteiger partial charge in [0.2, 0.25) is 5.52 Å².